The highest BCUT2D eigenvalue weighted by Crippen LogP contribution is 2.35. The molecule has 1 fully saturated rings. The number of nitrogens with zero attached hydrogens (tertiary/aromatic N) is 2. The average molecular weight is 453 g/mol. The molecule has 6 nitrogen and oxygen atoms in total. The molecule has 1 aliphatic rings. The smallest absolute Gasteiger partial charge is 0.419 e. The molecule has 1 aromatic carbocycles. The van der Waals surface area contributed by atoms with Gasteiger partial charge in [-0.1, -0.05) is 6.07 Å². The van der Waals surface area contributed by atoms with E-state index < -0.39 is 17.6 Å². The van der Waals surface area contributed by atoms with Gasteiger partial charge in [-0.25, -0.2) is 9.37 Å². The molecule has 2 aromatic heterocycles. The van der Waals surface area contributed by atoms with Crippen LogP contribution in [0.25, 0.3) is 5.65 Å². The van der Waals surface area contributed by atoms with Crippen molar-refractivity contribution in [2.75, 3.05) is 13.9 Å². The zero-order valence-corrected chi connectivity index (χ0v) is 17.4. The fourth-order valence-corrected chi connectivity index (χ4v) is 3.68. The summed E-state index contributed by atoms with van der Waals surface area (Å²) in [5.41, 5.74) is 1.48. The normalized spacial score (nSPS) is 18.7. The molecule has 0 spiro atoms. The van der Waals surface area contributed by atoms with Crippen molar-refractivity contribution < 1.29 is 31.8 Å². The Bertz CT molecular complexity index is 1060. The topological polar surface area (TPSA) is 57.0 Å². The van der Waals surface area contributed by atoms with E-state index in [4.69, 9.17) is 14.2 Å². The fraction of sp³-hybridized carbons (Fsp3) is 0.409. The van der Waals surface area contributed by atoms with E-state index in [1.807, 2.05) is 22.7 Å². The van der Waals surface area contributed by atoms with Gasteiger partial charge in [0, 0.05) is 37.7 Å². The number of nitrogens with one attached hydrogen (secondary N) is 1. The van der Waals surface area contributed by atoms with Gasteiger partial charge in [0.05, 0.1) is 17.9 Å². The number of rotatable bonds is 9. The number of ether oxygens (including phenoxy) is 3. The highest BCUT2D eigenvalue weighted by Gasteiger charge is 2.35. The van der Waals surface area contributed by atoms with Crippen LogP contribution in [0.5, 0.6) is 5.75 Å². The van der Waals surface area contributed by atoms with Crippen LogP contribution in [0.4, 0.5) is 17.6 Å². The molecular formula is C22H23F4N3O3. The van der Waals surface area contributed by atoms with Crippen LogP contribution in [0.2, 0.25) is 0 Å². The lowest BCUT2D eigenvalue weighted by Crippen LogP contribution is -2.46. The third-order valence-corrected chi connectivity index (χ3v) is 5.39. The van der Waals surface area contributed by atoms with E-state index in [1.165, 1.54) is 6.07 Å². The molecule has 0 atom stereocenters. The van der Waals surface area contributed by atoms with Crippen LogP contribution >= 0.6 is 0 Å². The Morgan fingerprint density at radius 1 is 1.19 bits per heavy atom. The summed E-state index contributed by atoms with van der Waals surface area (Å²) in [4.78, 5) is 4.42. The molecule has 4 rings (SSSR count). The standard InChI is InChI=1S/C22H23F4N3O3/c1-30-13-31-12-16-3-2-14(21-27-6-7-29(16)21)11-28-15-8-18(9-15)32-17-4-5-20(23)19(10-17)22(24,25)26/h2-7,10,15,18,28H,8-9,11-13H2,1H3. The Morgan fingerprint density at radius 2 is 2.00 bits per heavy atom. The summed E-state index contributed by atoms with van der Waals surface area (Å²) in [6.07, 6.45) is -0.0831. The first kappa shape index (κ1) is 22.5. The average Bonchev–Trinajstić information content (AvgIpc) is 3.21. The van der Waals surface area contributed by atoms with Crippen molar-refractivity contribution in [3.05, 3.63) is 65.4 Å². The second kappa shape index (κ2) is 9.43. The quantitative estimate of drug-likeness (QED) is 0.297. The van der Waals surface area contributed by atoms with Gasteiger partial charge in [-0.15, -0.1) is 0 Å². The highest BCUT2D eigenvalue weighted by atomic mass is 19.4. The number of hydrogen-bond donors (Lipinski definition) is 1. The molecule has 0 amide bonds. The number of fused-ring (bicyclic) bond motifs is 1. The van der Waals surface area contributed by atoms with E-state index >= 15 is 0 Å². The predicted molar refractivity (Wildman–Crippen MR) is 108 cm³/mol. The van der Waals surface area contributed by atoms with Gasteiger partial charge in [-0.3, -0.25) is 0 Å². The lowest BCUT2D eigenvalue weighted by Gasteiger charge is -2.36. The zero-order valence-electron chi connectivity index (χ0n) is 17.4. The maximum absolute atomic E-state index is 13.4. The maximum Gasteiger partial charge on any atom is 0.419 e. The molecule has 172 valence electrons. The van der Waals surface area contributed by atoms with Gasteiger partial charge in [0.25, 0.3) is 0 Å². The lowest BCUT2D eigenvalue weighted by molar-refractivity contribution is -0.140. The minimum atomic E-state index is -4.75. The predicted octanol–water partition coefficient (Wildman–Crippen LogP) is 4.31. The fourth-order valence-electron chi connectivity index (χ4n) is 3.68. The van der Waals surface area contributed by atoms with Crippen molar-refractivity contribution in [2.45, 2.75) is 44.3 Å². The van der Waals surface area contributed by atoms with E-state index in [2.05, 4.69) is 10.3 Å². The van der Waals surface area contributed by atoms with Crippen LogP contribution < -0.4 is 10.1 Å². The molecule has 0 unspecified atom stereocenters. The Morgan fingerprint density at radius 3 is 2.75 bits per heavy atom. The Labute approximate surface area is 182 Å². The van der Waals surface area contributed by atoms with Crippen LogP contribution in [0, 0.1) is 5.82 Å². The van der Waals surface area contributed by atoms with Gasteiger partial charge in [-0.05, 0) is 37.1 Å². The second-order valence-corrected chi connectivity index (χ2v) is 7.65. The van der Waals surface area contributed by atoms with E-state index in [9.17, 15) is 17.6 Å². The van der Waals surface area contributed by atoms with E-state index in [-0.39, 0.29) is 24.7 Å². The number of imidazole rings is 1. The summed E-state index contributed by atoms with van der Waals surface area (Å²) in [6, 6.07) is 6.85. The Balaban J connectivity index is 1.30. The first-order valence-electron chi connectivity index (χ1n) is 10.1. The highest BCUT2D eigenvalue weighted by molar-refractivity contribution is 5.49. The number of methoxy groups -OCH3 is 1. The van der Waals surface area contributed by atoms with E-state index in [0.29, 0.717) is 32.1 Å². The minimum absolute atomic E-state index is 0.0209. The monoisotopic (exact) mass is 453 g/mol. The van der Waals surface area contributed by atoms with E-state index in [0.717, 1.165) is 23.0 Å². The van der Waals surface area contributed by atoms with Crippen molar-refractivity contribution in [1.29, 1.82) is 0 Å². The van der Waals surface area contributed by atoms with Gasteiger partial charge >= 0.3 is 6.18 Å². The molecule has 0 bridgehead atoms. The number of benzene rings is 1. The Hall–Kier alpha value is -2.69. The van der Waals surface area contributed by atoms with Crippen LogP contribution in [0.15, 0.2) is 42.7 Å². The lowest BCUT2D eigenvalue weighted by atomic mass is 9.89. The van der Waals surface area contributed by atoms with Crippen molar-refractivity contribution in [3.8, 4) is 5.75 Å². The number of halogens is 4. The van der Waals surface area contributed by atoms with Crippen molar-refractivity contribution in [3.63, 3.8) is 0 Å². The Kier molecular flexibility index (Phi) is 6.63. The van der Waals surface area contributed by atoms with Crippen molar-refractivity contribution >= 4 is 5.65 Å². The summed E-state index contributed by atoms with van der Waals surface area (Å²) in [7, 11) is 1.57. The van der Waals surface area contributed by atoms with Gasteiger partial charge in [0.2, 0.25) is 0 Å². The number of alkyl halides is 3. The SMILES string of the molecule is COCOCc1ccc(CNC2CC(Oc3ccc(F)c(C(F)(F)F)c3)C2)c2nccn12. The summed E-state index contributed by atoms with van der Waals surface area (Å²) >= 11 is 0. The molecule has 10 heteroatoms. The molecule has 0 aliphatic heterocycles. The third-order valence-electron chi connectivity index (χ3n) is 5.39. The molecule has 1 N–H and O–H groups in total. The van der Waals surface area contributed by atoms with Crippen molar-refractivity contribution in [1.82, 2.24) is 14.7 Å². The molecule has 32 heavy (non-hydrogen) atoms. The second-order valence-electron chi connectivity index (χ2n) is 7.65. The minimum Gasteiger partial charge on any atom is -0.490 e. The van der Waals surface area contributed by atoms with Crippen LogP contribution in [0.3, 0.4) is 0 Å². The van der Waals surface area contributed by atoms with Gasteiger partial charge in [0.1, 0.15) is 30.1 Å². The molecular weight excluding hydrogens is 430 g/mol. The molecule has 0 radical (unpaired) electrons. The molecule has 2 heterocycles. The zero-order chi connectivity index (χ0) is 22.7. The third kappa shape index (κ3) is 5.03. The van der Waals surface area contributed by atoms with Crippen molar-refractivity contribution in [2.24, 2.45) is 0 Å². The van der Waals surface area contributed by atoms with Crippen LogP contribution in [0.1, 0.15) is 29.7 Å². The van der Waals surface area contributed by atoms with Gasteiger partial charge in [-0.2, -0.15) is 13.2 Å². The molecule has 3 aromatic rings. The van der Waals surface area contributed by atoms with Gasteiger partial charge in [0.15, 0.2) is 0 Å². The summed E-state index contributed by atoms with van der Waals surface area (Å²) in [6.45, 7) is 1.20. The maximum atomic E-state index is 13.4. The summed E-state index contributed by atoms with van der Waals surface area (Å²) in [5, 5.41) is 3.43. The first-order valence-corrected chi connectivity index (χ1v) is 10.1. The largest absolute Gasteiger partial charge is 0.490 e. The van der Waals surface area contributed by atoms with E-state index in [1.54, 1.807) is 13.3 Å². The van der Waals surface area contributed by atoms with Crippen LogP contribution in [-0.2, 0) is 28.8 Å². The number of aromatic nitrogens is 2. The van der Waals surface area contributed by atoms with Gasteiger partial charge < -0.3 is 23.9 Å². The number of hydrogen-bond acceptors (Lipinski definition) is 5. The van der Waals surface area contributed by atoms with Crippen LogP contribution in [-0.4, -0.2) is 35.4 Å². The number of pyridine rings is 1. The summed E-state index contributed by atoms with van der Waals surface area (Å²) < 4.78 is 69.8. The summed E-state index contributed by atoms with van der Waals surface area (Å²) in [5.74, 6) is -1.29. The molecule has 1 aliphatic carbocycles. The molecule has 0 saturated heterocycles. The first-order chi connectivity index (χ1) is 15.3. The molecule has 1 saturated carbocycles.